The first kappa shape index (κ1) is 35.8. The second kappa shape index (κ2) is 14.8. The van der Waals surface area contributed by atoms with Crippen LogP contribution in [0, 0.1) is 0 Å². The Morgan fingerprint density at radius 1 is 0.419 bits per heavy atom. The highest BCUT2D eigenvalue weighted by atomic mass is 16.5. The molecule has 2 aliphatic rings. The molecule has 0 spiro atoms. The molecule has 10 aromatic rings. The average molecular weight is 795 g/mol. The third kappa shape index (κ3) is 6.13. The summed E-state index contributed by atoms with van der Waals surface area (Å²) in [6.45, 7) is 0. The van der Waals surface area contributed by atoms with Crippen LogP contribution in [0.1, 0.15) is 28.8 Å². The van der Waals surface area contributed by atoms with E-state index in [-0.39, 0.29) is 12.0 Å². The Kier molecular flexibility index (Phi) is 8.56. The Hall–Kier alpha value is -8.15. The van der Waals surface area contributed by atoms with Crippen LogP contribution >= 0.6 is 0 Å². The number of nitrogens with zero attached hydrogens (tertiary/aromatic N) is 4. The number of hydrogen-bond donors (Lipinski definition) is 0. The molecule has 12 rings (SSSR count). The standard InChI is InChI=1S/C57H38N4O/c1-4-15-37(16-5-1)41-19-12-21-43(35-41)56-58-55(59-57(60-56)44-22-13-20-42(36-44)38-17-6-2-7-18-38)40-31-29-39(30-32-40)46-26-14-27-47-48-33-34-51-52(54(48)62-53(46)47)49-25-10-11-28-50(49)61(51)45-23-8-3-9-24-45/h1-36,48,54H. The molecule has 8 aromatic carbocycles. The molecule has 2 unspecified atom stereocenters. The maximum atomic E-state index is 7.11. The highest BCUT2D eigenvalue weighted by Gasteiger charge is 2.41. The van der Waals surface area contributed by atoms with Gasteiger partial charge in [0.05, 0.1) is 11.2 Å². The van der Waals surface area contributed by atoms with Crippen LogP contribution in [0.3, 0.4) is 0 Å². The summed E-state index contributed by atoms with van der Waals surface area (Å²) in [5.74, 6) is 2.89. The molecule has 2 aromatic heterocycles. The maximum absolute atomic E-state index is 7.11. The van der Waals surface area contributed by atoms with Crippen LogP contribution in [0.25, 0.3) is 90.2 Å². The molecule has 3 heterocycles. The lowest BCUT2D eigenvalue weighted by Crippen LogP contribution is -2.13. The zero-order valence-electron chi connectivity index (χ0n) is 33.6. The first-order valence-corrected chi connectivity index (χ1v) is 21.1. The summed E-state index contributed by atoms with van der Waals surface area (Å²) in [7, 11) is 0. The van der Waals surface area contributed by atoms with E-state index >= 15 is 0 Å². The summed E-state index contributed by atoms with van der Waals surface area (Å²) in [5, 5.41) is 1.22. The molecule has 0 saturated carbocycles. The molecule has 62 heavy (non-hydrogen) atoms. The molecule has 0 N–H and O–H groups in total. The fourth-order valence-corrected chi connectivity index (χ4v) is 9.28. The van der Waals surface area contributed by atoms with Gasteiger partial charge in [0, 0.05) is 50.4 Å². The van der Waals surface area contributed by atoms with Gasteiger partial charge >= 0.3 is 0 Å². The SMILES string of the molecule is C1=CC2c3cccc(-c4ccc(-c5nc(-c6cccc(-c7ccccc7)c6)nc(-c6cccc(-c7ccccc7)c6)n5)cc4)c3OC2c2c1n(-c1ccccc1)c1ccccc21. The third-order valence-corrected chi connectivity index (χ3v) is 12.2. The van der Waals surface area contributed by atoms with E-state index in [2.05, 4.69) is 211 Å². The van der Waals surface area contributed by atoms with Gasteiger partial charge in [0.15, 0.2) is 17.5 Å². The Bertz CT molecular complexity index is 3220. The van der Waals surface area contributed by atoms with Crippen LogP contribution in [-0.4, -0.2) is 19.5 Å². The number of aromatic nitrogens is 4. The van der Waals surface area contributed by atoms with E-state index in [4.69, 9.17) is 19.7 Å². The van der Waals surface area contributed by atoms with E-state index < -0.39 is 0 Å². The van der Waals surface area contributed by atoms with Gasteiger partial charge in [-0.15, -0.1) is 0 Å². The van der Waals surface area contributed by atoms with E-state index in [0.717, 1.165) is 61.5 Å². The minimum absolute atomic E-state index is 0.106. The molecular weight excluding hydrogens is 757 g/mol. The largest absolute Gasteiger partial charge is 0.484 e. The number of fused-ring (bicyclic) bond motifs is 7. The molecule has 1 aliphatic carbocycles. The minimum atomic E-state index is -0.136. The van der Waals surface area contributed by atoms with Crippen molar-refractivity contribution in [1.82, 2.24) is 19.5 Å². The highest BCUT2D eigenvalue weighted by Crippen LogP contribution is 2.55. The molecular formula is C57H38N4O. The first-order chi connectivity index (χ1) is 30.7. The topological polar surface area (TPSA) is 52.8 Å². The van der Waals surface area contributed by atoms with Gasteiger partial charge in [0.25, 0.3) is 0 Å². The number of ether oxygens (including phenoxy) is 1. The lowest BCUT2D eigenvalue weighted by atomic mass is 9.85. The summed E-state index contributed by atoms with van der Waals surface area (Å²) in [6, 6.07) is 72.1. The van der Waals surface area contributed by atoms with E-state index in [9.17, 15) is 0 Å². The number of rotatable bonds is 7. The van der Waals surface area contributed by atoms with Crippen LogP contribution in [-0.2, 0) is 0 Å². The summed E-state index contributed by atoms with van der Waals surface area (Å²) in [6.07, 6.45) is 4.48. The van der Waals surface area contributed by atoms with Crippen LogP contribution < -0.4 is 4.74 Å². The van der Waals surface area contributed by atoms with Gasteiger partial charge < -0.3 is 9.30 Å². The number of hydrogen-bond acceptors (Lipinski definition) is 4. The average Bonchev–Trinajstić information content (AvgIpc) is 3.91. The highest BCUT2D eigenvalue weighted by molar-refractivity contribution is 5.92. The van der Waals surface area contributed by atoms with Crippen molar-refractivity contribution in [3.8, 4) is 79.0 Å². The van der Waals surface area contributed by atoms with Crippen LogP contribution in [0.5, 0.6) is 5.75 Å². The number of para-hydroxylation sites is 3. The lowest BCUT2D eigenvalue weighted by molar-refractivity contribution is 0.225. The van der Waals surface area contributed by atoms with Gasteiger partial charge in [0.1, 0.15) is 11.9 Å². The first-order valence-electron chi connectivity index (χ1n) is 21.1. The van der Waals surface area contributed by atoms with Crippen molar-refractivity contribution < 1.29 is 4.74 Å². The minimum Gasteiger partial charge on any atom is -0.484 e. The molecule has 5 heteroatoms. The molecule has 292 valence electrons. The molecule has 0 radical (unpaired) electrons. The van der Waals surface area contributed by atoms with Crippen molar-refractivity contribution in [2.45, 2.75) is 12.0 Å². The molecule has 5 nitrogen and oxygen atoms in total. The van der Waals surface area contributed by atoms with Crippen molar-refractivity contribution in [2.75, 3.05) is 0 Å². The zero-order chi connectivity index (χ0) is 41.0. The summed E-state index contributed by atoms with van der Waals surface area (Å²) in [4.78, 5) is 15.4. The van der Waals surface area contributed by atoms with Gasteiger partial charge in [-0.1, -0.05) is 182 Å². The normalized spacial score (nSPS) is 14.8. The van der Waals surface area contributed by atoms with Crippen LogP contribution in [0.2, 0.25) is 0 Å². The van der Waals surface area contributed by atoms with Gasteiger partial charge in [-0.2, -0.15) is 0 Å². The summed E-state index contributed by atoms with van der Waals surface area (Å²) >= 11 is 0. The summed E-state index contributed by atoms with van der Waals surface area (Å²) in [5.41, 5.74) is 15.3. The maximum Gasteiger partial charge on any atom is 0.164 e. The third-order valence-electron chi connectivity index (χ3n) is 12.2. The predicted octanol–water partition coefficient (Wildman–Crippen LogP) is 14.1. The van der Waals surface area contributed by atoms with Crippen LogP contribution in [0.4, 0.5) is 0 Å². The monoisotopic (exact) mass is 794 g/mol. The van der Waals surface area contributed by atoms with Crippen molar-refractivity contribution in [3.63, 3.8) is 0 Å². The van der Waals surface area contributed by atoms with E-state index in [1.54, 1.807) is 0 Å². The fraction of sp³-hybridized carbons (Fsp3) is 0.0351. The van der Waals surface area contributed by atoms with Crippen molar-refractivity contribution in [1.29, 1.82) is 0 Å². The Labute approximate surface area is 360 Å². The zero-order valence-corrected chi connectivity index (χ0v) is 33.6. The van der Waals surface area contributed by atoms with Gasteiger partial charge in [-0.3, -0.25) is 0 Å². The molecule has 0 saturated heterocycles. The van der Waals surface area contributed by atoms with E-state index in [1.807, 2.05) is 12.1 Å². The Morgan fingerprint density at radius 3 is 1.58 bits per heavy atom. The predicted molar refractivity (Wildman–Crippen MR) is 251 cm³/mol. The summed E-state index contributed by atoms with van der Waals surface area (Å²) < 4.78 is 9.47. The second-order valence-corrected chi connectivity index (χ2v) is 15.9. The van der Waals surface area contributed by atoms with Crippen LogP contribution in [0.15, 0.2) is 212 Å². The van der Waals surface area contributed by atoms with E-state index in [0.29, 0.717) is 17.5 Å². The van der Waals surface area contributed by atoms with Gasteiger partial charge in [-0.05, 0) is 64.2 Å². The van der Waals surface area contributed by atoms with Crippen molar-refractivity contribution in [3.05, 3.63) is 229 Å². The van der Waals surface area contributed by atoms with Gasteiger partial charge in [-0.25, -0.2) is 15.0 Å². The lowest BCUT2D eigenvalue weighted by Gasteiger charge is -2.22. The molecule has 0 amide bonds. The number of benzene rings is 8. The van der Waals surface area contributed by atoms with Crippen molar-refractivity contribution in [2.24, 2.45) is 0 Å². The smallest absolute Gasteiger partial charge is 0.164 e. The molecule has 2 atom stereocenters. The quantitative estimate of drug-likeness (QED) is 0.161. The fourth-order valence-electron chi connectivity index (χ4n) is 9.28. The van der Waals surface area contributed by atoms with Gasteiger partial charge in [0.2, 0.25) is 0 Å². The molecule has 0 bridgehead atoms. The van der Waals surface area contributed by atoms with Crippen molar-refractivity contribution >= 4 is 17.0 Å². The molecule has 0 fully saturated rings. The van der Waals surface area contributed by atoms with E-state index in [1.165, 1.54) is 27.7 Å². The Balaban J connectivity index is 0.924. The second-order valence-electron chi connectivity index (χ2n) is 15.9. The molecule has 1 aliphatic heterocycles. The Morgan fingerprint density at radius 2 is 0.935 bits per heavy atom.